The Morgan fingerprint density at radius 3 is 2.66 bits per heavy atom. The molecule has 1 aliphatic rings. The lowest BCUT2D eigenvalue weighted by molar-refractivity contribution is -0.385. The molecule has 144 valence electrons. The summed E-state index contributed by atoms with van der Waals surface area (Å²) in [5.74, 6) is 0.833. The Morgan fingerprint density at radius 1 is 1.14 bits per heavy atom. The number of aliphatic imine (C=N–C) groups is 1. The summed E-state index contributed by atoms with van der Waals surface area (Å²) in [5.41, 5.74) is 2.10. The average Bonchev–Trinajstić information content (AvgIpc) is 3.29. The number of amidine groups is 1. The van der Waals surface area contributed by atoms with Gasteiger partial charge in [-0.05, 0) is 55.1 Å². The summed E-state index contributed by atoms with van der Waals surface area (Å²) < 4.78 is 5.81. The topological polar surface area (TPSA) is 97.7 Å². The van der Waals surface area contributed by atoms with Gasteiger partial charge in [0.1, 0.15) is 11.5 Å². The molecule has 2 aromatic carbocycles. The number of benzene rings is 2. The van der Waals surface area contributed by atoms with Gasteiger partial charge in [-0.15, -0.1) is 0 Å². The van der Waals surface area contributed by atoms with E-state index in [1.807, 2.05) is 30.3 Å². The number of carbonyl (C=O) groups is 1. The normalized spacial score (nSPS) is 16.4. The van der Waals surface area contributed by atoms with Crippen LogP contribution in [0.2, 0.25) is 0 Å². The molecule has 3 aromatic rings. The number of nitro groups is 1. The molecule has 0 aliphatic carbocycles. The minimum absolute atomic E-state index is 0.0620. The van der Waals surface area contributed by atoms with Crippen molar-refractivity contribution in [3.05, 3.63) is 87.0 Å². The lowest BCUT2D eigenvalue weighted by atomic mass is 10.1. The molecule has 1 aliphatic heterocycles. The van der Waals surface area contributed by atoms with E-state index >= 15 is 0 Å². The highest BCUT2D eigenvalue weighted by Crippen LogP contribution is 2.31. The largest absolute Gasteiger partial charge is 0.457 e. The summed E-state index contributed by atoms with van der Waals surface area (Å²) in [4.78, 5) is 27.6. The standard InChI is InChI=1S/C21H15N3O4S/c1-13-11-14(7-9-17(13)24(26)27)18-10-8-16(28-18)12-19-20(25)23-21(29-19)22-15-5-3-2-4-6-15/h2-12H,1H3,(H,22,23,25)/b19-12-. The number of nitrogens with one attached hydrogen (secondary N) is 1. The number of nitrogens with zero attached hydrogens (tertiary/aromatic N) is 2. The molecule has 8 heteroatoms. The summed E-state index contributed by atoms with van der Waals surface area (Å²) in [5, 5.41) is 14.2. The van der Waals surface area contributed by atoms with Gasteiger partial charge in [0.2, 0.25) is 0 Å². The molecule has 1 amide bonds. The predicted molar refractivity (Wildman–Crippen MR) is 113 cm³/mol. The maximum atomic E-state index is 12.2. The molecule has 1 aromatic heterocycles. The molecule has 7 nitrogen and oxygen atoms in total. The van der Waals surface area contributed by atoms with Crippen molar-refractivity contribution in [3.8, 4) is 11.3 Å². The second kappa shape index (κ2) is 7.76. The van der Waals surface area contributed by atoms with Crippen molar-refractivity contribution >= 4 is 40.3 Å². The van der Waals surface area contributed by atoms with E-state index in [0.29, 0.717) is 27.2 Å². The number of rotatable bonds is 4. The Kier molecular flexibility index (Phi) is 5.01. The van der Waals surface area contributed by atoms with Gasteiger partial charge in [0.25, 0.3) is 11.6 Å². The van der Waals surface area contributed by atoms with E-state index in [-0.39, 0.29) is 11.6 Å². The molecule has 1 saturated heterocycles. The second-order valence-electron chi connectivity index (χ2n) is 6.28. The lowest BCUT2D eigenvalue weighted by Crippen LogP contribution is -2.19. The number of hydrogen-bond donors (Lipinski definition) is 1. The Labute approximate surface area is 170 Å². The van der Waals surface area contributed by atoms with Crippen LogP contribution in [0, 0.1) is 17.0 Å². The summed E-state index contributed by atoms with van der Waals surface area (Å²) in [7, 11) is 0. The third-order valence-corrected chi connectivity index (χ3v) is 5.13. The number of hydrogen-bond acceptors (Lipinski definition) is 6. The SMILES string of the molecule is Cc1cc(-c2ccc(/C=C3\SC(=Nc4ccccc4)NC3=O)o2)ccc1[N+](=O)[O-]. The zero-order chi connectivity index (χ0) is 20.4. The summed E-state index contributed by atoms with van der Waals surface area (Å²) in [6, 6.07) is 17.7. The maximum Gasteiger partial charge on any atom is 0.272 e. The first-order chi connectivity index (χ1) is 14.0. The van der Waals surface area contributed by atoms with Crippen molar-refractivity contribution in [2.75, 3.05) is 0 Å². The van der Waals surface area contributed by atoms with Crippen LogP contribution in [0.4, 0.5) is 11.4 Å². The van der Waals surface area contributed by atoms with Gasteiger partial charge in [0.15, 0.2) is 5.17 Å². The van der Waals surface area contributed by atoms with Crippen molar-refractivity contribution in [3.63, 3.8) is 0 Å². The monoisotopic (exact) mass is 405 g/mol. The van der Waals surface area contributed by atoms with E-state index in [9.17, 15) is 14.9 Å². The smallest absolute Gasteiger partial charge is 0.272 e. The first-order valence-corrected chi connectivity index (χ1v) is 9.51. The molecule has 1 fully saturated rings. The van der Waals surface area contributed by atoms with Crippen LogP contribution in [0.15, 0.2) is 75.0 Å². The fraction of sp³-hybridized carbons (Fsp3) is 0.0476. The van der Waals surface area contributed by atoms with Crippen molar-refractivity contribution in [1.82, 2.24) is 5.32 Å². The van der Waals surface area contributed by atoms with Crippen LogP contribution in [-0.4, -0.2) is 16.0 Å². The minimum Gasteiger partial charge on any atom is -0.457 e. The van der Waals surface area contributed by atoms with E-state index in [4.69, 9.17) is 4.42 Å². The van der Waals surface area contributed by atoms with Gasteiger partial charge in [-0.25, -0.2) is 4.99 Å². The van der Waals surface area contributed by atoms with Gasteiger partial charge in [-0.2, -0.15) is 0 Å². The maximum absolute atomic E-state index is 12.2. The molecule has 0 saturated carbocycles. The minimum atomic E-state index is -0.415. The Bertz CT molecular complexity index is 1170. The number of carbonyl (C=O) groups excluding carboxylic acids is 1. The molecule has 29 heavy (non-hydrogen) atoms. The fourth-order valence-corrected chi connectivity index (χ4v) is 3.65. The highest BCUT2D eigenvalue weighted by atomic mass is 32.2. The van der Waals surface area contributed by atoms with E-state index in [1.165, 1.54) is 17.8 Å². The number of amides is 1. The van der Waals surface area contributed by atoms with Gasteiger partial charge in [0, 0.05) is 23.3 Å². The highest BCUT2D eigenvalue weighted by Gasteiger charge is 2.24. The molecule has 0 unspecified atom stereocenters. The molecule has 0 bridgehead atoms. The second-order valence-corrected chi connectivity index (χ2v) is 7.31. The summed E-state index contributed by atoms with van der Waals surface area (Å²) in [6.45, 7) is 1.68. The van der Waals surface area contributed by atoms with Crippen LogP contribution < -0.4 is 5.32 Å². The zero-order valence-corrected chi connectivity index (χ0v) is 16.1. The van der Waals surface area contributed by atoms with Gasteiger partial charge in [-0.1, -0.05) is 18.2 Å². The highest BCUT2D eigenvalue weighted by molar-refractivity contribution is 8.18. The van der Waals surface area contributed by atoms with E-state index < -0.39 is 4.92 Å². The molecular formula is C21H15N3O4S. The summed E-state index contributed by atoms with van der Waals surface area (Å²) >= 11 is 1.24. The predicted octanol–water partition coefficient (Wildman–Crippen LogP) is 5.05. The number of furan rings is 1. The van der Waals surface area contributed by atoms with Crippen molar-refractivity contribution in [1.29, 1.82) is 0 Å². The Balaban J connectivity index is 1.55. The zero-order valence-electron chi connectivity index (χ0n) is 15.3. The Morgan fingerprint density at radius 2 is 1.93 bits per heavy atom. The number of aryl methyl sites for hydroxylation is 1. The van der Waals surface area contributed by atoms with Gasteiger partial charge < -0.3 is 9.73 Å². The first kappa shape index (κ1) is 18.7. The third-order valence-electron chi connectivity index (χ3n) is 4.22. The molecule has 0 radical (unpaired) electrons. The van der Waals surface area contributed by atoms with E-state index in [2.05, 4.69) is 10.3 Å². The van der Waals surface area contributed by atoms with Gasteiger partial charge >= 0.3 is 0 Å². The molecule has 4 rings (SSSR count). The molecule has 2 heterocycles. The molecular weight excluding hydrogens is 390 g/mol. The first-order valence-electron chi connectivity index (χ1n) is 8.69. The number of thioether (sulfide) groups is 1. The van der Waals surface area contributed by atoms with Crippen LogP contribution in [0.25, 0.3) is 17.4 Å². The Hall–Kier alpha value is -3.65. The fourth-order valence-electron chi connectivity index (χ4n) is 2.83. The molecule has 0 spiro atoms. The van der Waals surface area contributed by atoms with Crippen LogP contribution in [-0.2, 0) is 4.79 Å². The van der Waals surface area contributed by atoms with Crippen LogP contribution in [0.5, 0.6) is 0 Å². The van der Waals surface area contributed by atoms with E-state index in [1.54, 1.807) is 37.3 Å². The molecule has 0 atom stereocenters. The van der Waals surface area contributed by atoms with Crippen molar-refractivity contribution in [2.24, 2.45) is 4.99 Å². The van der Waals surface area contributed by atoms with Crippen LogP contribution in [0.3, 0.4) is 0 Å². The molecule has 1 N–H and O–H groups in total. The number of para-hydroxylation sites is 1. The van der Waals surface area contributed by atoms with Crippen LogP contribution in [0.1, 0.15) is 11.3 Å². The van der Waals surface area contributed by atoms with Gasteiger partial charge in [-0.3, -0.25) is 14.9 Å². The third kappa shape index (κ3) is 4.12. The van der Waals surface area contributed by atoms with Gasteiger partial charge in [0.05, 0.1) is 15.5 Å². The van der Waals surface area contributed by atoms with Crippen molar-refractivity contribution in [2.45, 2.75) is 6.92 Å². The van der Waals surface area contributed by atoms with Crippen LogP contribution >= 0.6 is 11.8 Å². The average molecular weight is 405 g/mol. The van der Waals surface area contributed by atoms with E-state index in [0.717, 1.165) is 11.3 Å². The summed E-state index contributed by atoms with van der Waals surface area (Å²) in [6.07, 6.45) is 1.65. The lowest BCUT2D eigenvalue weighted by Gasteiger charge is -2.00. The van der Waals surface area contributed by atoms with Crippen molar-refractivity contribution < 1.29 is 14.1 Å². The number of nitro benzene ring substituents is 1. The quantitative estimate of drug-likeness (QED) is 0.372.